The number of anilines is 1. The zero-order valence-corrected chi connectivity index (χ0v) is 10.1. The van der Waals surface area contributed by atoms with Crippen molar-refractivity contribution in [3.63, 3.8) is 0 Å². The lowest BCUT2D eigenvalue weighted by Crippen LogP contribution is -2.24. The van der Waals surface area contributed by atoms with Crippen molar-refractivity contribution in [3.05, 3.63) is 30.3 Å². The second kappa shape index (κ2) is 8.04. The summed E-state index contributed by atoms with van der Waals surface area (Å²) in [7, 11) is 0. The van der Waals surface area contributed by atoms with Gasteiger partial charge < -0.3 is 5.32 Å². The van der Waals surface area contributed by atoms with Gasteiger partial charge in [-0.25, -0.2) is 0 Å². The molecule has 0 saturated heterocycles. The van der Waals surface area contributed by atoms with Crippen molar-refractivity contribution in [2.24, 2.45) is 0 Å². The highest BCUT2D eigenvalue weighted by Gasteiger charge is 1.90. The molecule has 0 aliphatic heterocycles. The van der Waals surface area contributed by atoms with Crippen LogP contribution in [-0.2, 0) is 14.4 Å². The molecule has 0 spiro atoms. The van der Waals surface area contributed by atoms with E-state index in [4.69, 9.17) is 0 Å². The monoisotopic (exact) mass is 236 g/mol. The number of imide groups is 1. The highest BCUT2D eigenvalue weighted by molar-refractivity contribution is 5.92. The summed E-state index contributed by atoms with van der Waals surface area (Å²) < 4.78 is 0. The fourth-order valence-corrected chi connectivity index (χ4v) is 0.973. The normalized spacial score (nSPS) is 8.41. The number of nitrogens with one attached hydrogen (secondary N) is 2. The maximum Gasteiger partial charge on any atom is 0.223 e. The molecule has 0 aromatic heterocycles. The van der Waals surface area contributed by atoms with Crippen LogP contribution < -0.4 is 10.6 Å². The van der Waals surface area contributed by atoms with Crippen LogP contribution in [0.4, 0.5) is 5.69 Å². The van der Waals surface area contributed by atoms with Gasteiger partial charge in [-0.2, -0.15) is 0 Å². The molecule has 0 saturated carbocycles. The zero-order chi connectivity index (χ0) is 13.3. The number of carbonyl (C=O) groups is 3. The number of hydrogen-bond donors (Lipinski definition) is 2. The zero-order valence-electron chi connectivity index (χ0n) is 10.1. The first-order chi connectivity index (χ1) is 7.91. The standard InChI is InChI=1S/C8H9NO.C4H7NO2/c1-7(10)9-8-5-3-2-4-6-8;1-3(6)5-4(2)7/h2-6H,1H3,(H,9,10);1-2H3,(H,5,6,7). The van der Waals surface area contributed by atoms with Gasteiger partial charge in [0.25, 0.3) is 0 Å². The van der Waals surface area contributed by atoms with Gasteiger partial charge in [0.1, 0.15) is 0 Å². The van der Waals surface area contributed by atoms with Gasteiger partial charge in [0, 0.05) is 26.5 Å². The molecule has 0 atom stereocenters. The number of carbonyl (C=O) groups excluding carboxylic acids is 3. The maximum absolute atomic E-state index is 10.5. The van der Waals surface area contributed by atoms with Crippen molar-refractivity contribution in [2.45, 2.75) is 20.8 Å². The lowest BCUT2D eigenvalue weighted by Gasteiger charge is -1.98. The van der Waals surface area contributed by atoms with Crippen LogP contribution in [0.3, 0.4) is 0 Å². The summed E-state index contributed by atoms with van der Waals surface area (Å²) in [6, 6.07) is 9.37. The molecule has 1 rings (SSSR count). The summed E-state index contributed by atoms with van der Waals surface area (Å²) in [5, 5.41) is 4.69. The van der Waals surface area contributed by atoms with Gasteiger partial charge in [0.2, 0.25) is 17.7 Å². The Kier molecular flexibility index (Phi) is 7.01. The molecule has 0 bridgehead atoms. The summed E-state index contributed by atoms with van der Waals surface area (Å²) in [5.41, 5.74) is 0.843. The molecular weight excluding hydrogens is 220 g/mol. The van der Waals surface area contributed by atoms with Crippen LogP contribution in [0, 0.1) is 0 Å². The Labute approximate surface area is 100 Å². The number of amides is 3. The predicted octanol–water partition coefficient (Wildman–Crippen LogP) is 1.31. The van der Waals surface area contributed by atoms with E-state index in [-0.39, 0.29) is 17.7 Å². The van der Waals surface area contributed by atoms with E-state index in [2.05, 4.69) is 5.32 Å². The average molecular weight is 236 g/mol. The van der Waals surface area contributed by atoms with Gasteiger partial charge in [0.15, 0.2) is 0 Å². The molecule has 1 aromatic carbocycles. The van der Waals surface area contributed by atoms with Crippen LogP contribution in [0.15, 0.2) is 30.3 Å². The minimum Gasteiger partial charge on any atom is -0.326 e. The second-order valence-corrected chi connectivity index (χ2v) is 3.28. The minimum absolute atomic E-state index is 0.0359. The molecule has 1 aromatic rings. The first kappa shape index (κ1) is 14.8. The van der Waals surface area contributed by atoms with Gasteiger partial charge in [-0.05, 0) is 12.1 Å². The quantitative estimate of drug-likeness (QED) is 0.772. The summed E-state index contributed by atoms with van der Waals surface area (Å²) in [5.74, 6) is -0.661. The van der Waals surface area contributed by atoms with E-state index in [1.807, 2.05) is 35.6 Å². The van der Waals surface area contributed by atoms with Crippen molar-refractivity contribution in [3.8, 4) is 0 Å². The van der Waals surface area contributed by atoms with Crippen LogP contribution in [0.5, 0.6) is 0 Å². The van der Waals surface area contributed by atoms with E-state index < -0.39 is 0 Å². The van der Waals surface area contributed by atoms with E-state index in [0.717, 1.165) is 5.69 Å². The molecule has 3 amide bonds. The summed E-state index contributed by atoms with van der Waals surface area (Å²) in [6.45, 7) is 4.08. The van der Waals surface area contributed by atoms with Crippen molar-refractivity contribution in [1.29, 1.82) is 0 Å². The smallest absolute Gasteiger partial charge is 0.223 e. The van der Waals surface area contributed by atoms with Crippen LogP contribution >= 0.6 is 0 Å². The number of rotatable bonds is 1. The average Bonchev–Trinajstić information content (AvgIpc) is 2.16. The molecule has 0 heterocycles. The third-order valence-electron chi connectivity index (χ3n) is 1.45. The fraction of sp³-hybridized carbons (Fsp3) is 0.250. The SMILES string of the molecule is CC(=O)NC(C)=O.CC(=O)Nc1ccccc1. The Morgan fingerprint density at radius 2 is 1.29 bits per heavy atom. The highest BCUT2D eigenvalue weighted by Crippen LogP contribution is 2.03. The third-order valence-corrected chi connectivity index (χ3v) is 1.45. The van der Waals surface area contributed by atoms with Crippen LogP contribution in [-0.4, -0.2) is 17.7 Å². The van der Waals surface area contributed by atoms with Gasteiger partial charge in [-0.15, -0.1) is 0 Å². The van der Waals surface area contributed by atoms with Crippen molar-refractivity contribution in [2.75, 3.05) is 5.32 Å². The van der Waals surface area contributed by atoms with Gasteiger partial charge in [0.05, 0.1) is 0 Å². The Hall–Kier alpha value is -2.17. The Morgan fingerprint density at radius 3 is 1.59 bits per heavy atom. The molecule has 0 aliphatic rings. The lowest BCUT2D eigenvalue weighted by atomic mass is 10.3. The van der Waals surface area contributed by atoms with E-state index in [0.29, 0.717) is 0 Å². The predicted molar refractivity (Wildman–Crippen MR) is 65.2 cm³/mol. The second-order valence-electron chi connectivity index (χ2n) is 3.28. The molecule has 0 radical (unpaired) electrons. The number of benzene rings is 1. The number of hydrogen-bond acceptors (Lipinski definition) is 3. The van der Waals surface area contributed by atoms with E-state index in [1.165, 1.54) is 20.8 Å². The lowest BCUT2D eigenvalue weighted by molar-refractivity contribution is -0.128. The van der Waals surface area contributed by atoms with E-state index in [9.17, 15) is 14.4 Å². The van der Waals surface area contributed by atoms with E-state index >= 15 is 0 Å². The van der Waals surface area contributed by atoms with Crippen LogP contribution in [0.1, 0.15) is 20.8 Å². The van der Waals surface area contributed by atoms with Crippen LogP contribution in [0.2, 0.25) is 0 Å². The molecule has 5 heteroatoms. The van der Waals surface area contributed by atoms with E-state index in [1.54, 1.807) is 0 Å². The topological polar surface area (TPSA) is 75.3 Å². The van der Waals surface area contributed by atoms with Gasteiger partial charge >= 0.3 is 0 Å². The molecule has 0 aliphatic carbocycles. The summed E-state index contributed by atoms with van der Waals surface area (Å²) in [4.78, 5) is 30.3. The summed E-state index contributed by atoms with van der Waals surface area (Å²) in [6.07, 6.45) is 0. The van der Waals surface area contributed by atoms with Gasteiger partial charge in [-0.1, -0.05) is 18.2 Å². The van der Waals surface area contributed by atoms with Crippen molar-refractivity contribution in [1.82, 2.24) is 5.32 Å². The summed E-state index contributed by atoms with van der Waals surface area (Å²) >= 11 is 0. The maximum atomic E-state index is 10.5. The number of para-hydroxylation sites is 1. The Morgan fingerprint density at radius 1 is 0.824 bits per heavy atom. The molecule has 5 nitrogen and oxygen atoms in total. The van der Waals surface area contributed by atoms with Crippen molar-refractivity contribution < 1.29 is 14.4 Å². The fourth-order valence-electron chi connectivity index (χ4n) is 0.973. The highest BCUT2D eigenvalue weighted by atomic mass is 16.2. The molecule has 2 N–H and O–H groups in total. The third kappa shape index (κ3) is 10.1. The minimum atomic E-state index is -0.312. The van der Waals surface area contributed by atoms with Crippen molar-refractivity contribution >= 4 is 23.4 Å². The molecule has 0 fully saturated rings. The Bertz CT molecular complexity index is 376. The Balaban J connectivity index is 0.000000325. The first-order valence-corrected chi connectivity index (χ1v) is 5.02. The largest absolute Gasteiger partial charge is 0.326 e. The molecule has 17 heavy (non-hydrogen) atoms. The molecule has 0 unspecified atom stereocenters. The molecule has 92 valence electrons. The van der Waals surface area contributed by atoms with Crippen LogP contribution in [0.25, 0.3) is 0 Å². The first-order valence-electron chi connectivity index (χ1n) is 5.02. The van der Waals surface area contributed by atoms with Gasteiger partial charge in [-0.3, -0.25) is 19.7 Å². The molecular formula is C12H16N2O3.